The Labute approximate surface area is 237 Å². The van der Waals surface area contributed by atoms with Gasteiger partial charge in [0.25, 0.3) is 0 Å². The molecule has 0 unspecified atom stereocenters. The van der Waals surface area contributed by atoms with E-state index in [-0.39, 0.29) is 11.8 Å². The van der Waals surface area contributed by atoms with E-state index < -0.39 is 24.3 Å². The smallest absolute Gasteiger partial charge is 0.490 e. The van der Waals surface area contributed by atoms with Crippen LogP contribution in [-0.2, 0) is 20.9 Å². The molecule has 1 aromatic carbocycles. The number of carboxylic acids is 2. The minimum absolute atomic E-state index is 0.108. The highest BCUT2D eigenvalue weighted by Crippen LogP contribution is 2.28. The average Bonchev–Trinajstić information content (AvgIpc) is 2.95. The van der Waals surface area contributed by atoms with E-state index in [4.69, 9.17) is 24.5 Å². The minimum atomic E-state index is -5.08. The summed E-state index contributed by atoms with van der Waals surface area (Å²) in [6.45, 7) is 0.464. The van der Waals surface area contributed by atoms with Gasteiger partial charge in [-0.15, -0.1) is 0 Å². The van der Waals surface area contributed by atoms with Crippen LogP contribution >= 0.6 is 0 Å². The van der Waals surface area contributed by atoms with E-state index in [0.29, 0.717) is 12.6 Å². The Morgan fingerprint density at radius 1 is 0.905 bits per heavy atom. The molecular formula is C26H32F6N4O6. The van der Waals surface area contributed by atoms with Gasteiger partial charge in [0, 0.05) is 37.3 Å². The predicted molar refractivity (Wildman–Crippen MR) is 140 cm³/mol. The molecule has 10 nitrogen and oxygen atoms in total. The molecule has 0 aliphatic heterocycles. The lowest BCUT2D eigenvalue weighted by atomic mass is 9.85. The molecule has 2 aromatic rings. The number of carboxylic acid groups (broad SMARTS) is 2. The first-order valence-corrected chi connectivity index (χ1v) is 12.4. The first-order chi connectivity index (χ1) is 19.5. The van der Waals surface area contributed by atoms with Crippen LogP contribution in [0.3, 0.4) is 0 Å². The number of hydrogen-bond acceptors (Lipinski definition) is 7. The van der Waals surface area contributed by atoms with E-state index in [1.165, 1.54) is 0 Å². The van der Waals surface area contributed by atoms with Crippen LogP contribution in [0.4, 0.5) is 32.2 Å². The molecule has 0 saturated heterocycles. The second-order valence-corrected chi connectivity index (χ2v) is 8.87. The molecule has 1 aliphatic rings. The number of anilines is 1. The zero-order chi connectivity index (χ0) is 32.1. The van der Waals surface area contributed by atoms with E-state index in [9.17, 15) is 31.1 Å². The normalized spacial score (nSPS) is 16.5. The molecule has 0 spiro atoms. The highest BCUT2D eigenvalue weighted by Gasteiger charge is 2.38. The van der Waals surface area contributed by atoms with Gasteiger partial charge in [0.1, 0.15) is 11.6 Å². The zero-order valence-corrected chi connectivity index (χ0v) is 22.9. The third kappa shape index (κ3) is 12.2. The quantitative estimate of drug-likeness (QED) is 0.287. The number of benzene rings is 1. The number of halogens is 6. The SMILES string of the molecule is CNc1cc(-c2ccc(OC)c(CNC(=O)C3CCC(NC)CC3)c2)ccn1.O=C(O)C(F)(F)F.O=C(O)C(F)(F)F. The maximum atomic E-state index is 12.6. The Morgan fingerprint density at radius 2 is 1.43 bits per heavy atom. The van der Waals surface area contributed by atoms with Crippen LogP contribution in [0.1, 0.15) is 31.2 Å². The van der Waals surface area contributed by atoms with E-state index in [2.05, 4.69) is 27.0 Å². The van der Waals surface area contributed by atoms with Gasteiger partial charge in [-0.05, 0) is 68.1 Å². The largest absolute Gasteiger partial charge is 0.496 e. The highest BCUT2D eigenvalue weighted by atomic mass is 19.4. The number of hydrogen-bond donors (Lipinski definition) is 5. The molecule has 1 aromatic heterocycles. The van der Waals surface area contributed by atoms with Gasteiger partial charge in [0.15, 0.2) is 0 Å². The Hall–Kier alpha value is -4.08. The van der Waals surface area contributed by atoms with Gasteiger partial charge in [-0.2, -0.15) is 26.3 Å². The molecule has 1 fully saturated rings. The van der Waals surface area contributed by atoms with Gasteiger partial charge in [0.2, 0.25) is 5.91 Å². The van der Waals surface area contributed by atoms with E-state index in [1.54, 1.807) is 13.3 Å². The molecule has 3 rings (SSSR count). The van der Waals surface area contributed by atoms with Crippen molar-refractivity contribution in [2.24, 2.45) is 5.92 Å². The number of carbonyl (C=O) groups excluding carboxylic acids is 1. The number of nitrogens with zero attached hydrogens (tertiary/aromatic N) is 1. The van der Waals surface area contributed by atoms with Gasteiger partial charge in [-0.25, -0.2) is 14.6 Å². The summed E-state index contributed by atoms with van der Waals surface area (Å²) in [7, 11) is 5.50. The molecule has 42 heavy (non-hydrogen) atoms. The topological polar surface area (TPSA) is 150 Å². The summed E-state index contributed by atoms with van der Waals surface area (Å²) in [5.41, 5.74) is 3.11. The van der Waals surface area contributed by atoms with Crippen LogP contribution in [0.25, 0.3) is 11.1 Å². The predicted octanol–water partition coefficient (Wildman–Crippen LogP) is 4.46. The van der Waals surface area contributed by atoms with Gasteiger partial charge in [0.05, 0.1) is 7.11 Å². The fraction of sp³-hybridized carbons (Fsp3) is 0.462. The van der Waals surface area contributed by atoms with E-state index in [0.717, 1.165) is 53.9 Å². The van der Waals surface area contributed by atoms with Crippen molar-refractivity contribution in [2.75, 3.05) is 26.5 Å². The van der Waals surface area contributed by atoms with Gasteiger partial charge in [-0.1, -0.05) is 6.07 Å². The lowest BCUT2D eigenvalue weighted by Crippen LogP contribution is -2.37. The van der Waals surface area contributed by atoms with E-state index in [1.807, 2.05) is 38.4 Å². The van der Waals surface area contributed by atoms with Crippen LogP contribution in [-0.4, -0.2) is 72.6 Å². The Kier molecular flexibility index (Phi) is 14.0. The molecule has 1 aliphatic carbocycles. The van der Waals surface area contributed by atoms with Crippen molar-refractivity contribution in [3.8, 4) is 16.9 Å². The number of aliphatic carboxylic acids is 2. The third-order valence-electron chi connectivity index (χ3n) is 6.07. The van der Waals surface area contributed by atoms with Gasteiger partial charge in [-0.3, -0.25) is 4.79 Å². The Bertz CT molecular complexity index is 1160. The molecule has 16 heteroatoms. The summed E-state index contributed by atoms with van der Waals surface area (Å²) in [6.07, 6.45) is -4.38. The van der Waals surface area contributed by atoms with Crippen LogP contribution in [0.5, 0.6) is 5.75 Å². The minimum Gasteiger partial charge on any atom is -0.496 e. The van der Waals surface area contributed by atoms with Crippen molar-refractivity contribution in [3.05, 3.63) is 42.1 Å². The molecule has 1 saturated carbocycles. The number of nitrogens with one attached hydrogen (secondary N) is 3. The van der Waals surface area contributed by atoms with Gasteiger partial charge < -0.3 is 30.9 Å². The third-order valence-corrected chi connectivity index (χ3v) is 6.07. The Balaban J connectivity index is 0.000000522. The first kappa shape index (κ1) is 35.9. The van der Waals surface area contributed by atoms with Crippen LogP contribution in [0.2, 0.25) is 0 Å². The second kappa shape index (κ2) is 16.4. The van der Waals surface area contributed by atoms with Crippen molar-refractivity contribution < 1.29 is 55.7 Å². The standard InChI is InChI=1S/C22H30N4O2.2C2HF3O2/c1-23-19-7-4-15(5-8-19)22(27)26-14-18-12-16(6-9-20(18)28-3)17-10-11-25-21(13-17)24-2;2*3-2(4,5)1(6)7/h6,9-13,15,19,23H,4-5,7-8,14H2,1-3H3,(H,24,25)(H,26,27);2*(H,6,7). The number of pyridine rings is 1. The average molecular weight is 611 g/mol. The Morgan fingerprint density at radius 3 is 1.88 bits per heavy atom. The van der Waals surface area contributed by atoms with Crippen LogP contribution < -0.4 is 20.7 Å². The fourth-order valence-electron chi connectivity index (χ4n) is 3.81. The highest BCUT2D eigenvalue weighted by molar-refractivity contribution is 5.79. The van der Waals surface area contributed by atoms with E-state index >= 15 is 0 Å². The van der Waals surface area contributed by atoms with Crippen molar-refractivity contribution in [3.63, 3.8) is 0 Å². The lowest BCUT2D eigenvalue weighted by molar-refractivity contribution is -0.193. The summed E-state index contributed by atoms with van der Waals surface area (Å²) < 4.78 is 69.0. The monoisotopic (exact) mass is 610 g/mol. The lowest BCUT2D eigenvalue weighted by Gasteiger charge is -2.27. The number of amides is 1. The number of carbonyl (C=O) groups is 3. The number of methoxy groups -OCH3 is 1. The summed E-state index contributed by atoms with van der Waals surface area (Å²) in [5, 5.41) is 23.7. The summed E-state index contributed by atoms with van der Waals surface area (Å²) in [4.78, 5) is 34.7. The van der Waals surface area contributed by atoms with Crippen molar-refractivity contribution >= 4 is 23.7 Å². The molecular weight excluding hydrogens is 578 g/mol. The molecule has 234 valence electrons. The zero-order valence-electron chi connectivity index (χ0n) is 22.9. The summed E-state index contributed by atoms with van der Waals surface area (Å²) >= 11 is 0. The van der Waals surface area contributed by atoms with Crippen LogP contribution in [0.15, 0.2) is 36.5 Å². The maximum Gasteiger partial charge on any atom is 0.490 e. The van der Waals surface area contributed by atoms with Gasteiger partial charge >= 0.3 is 24.3 Å². The molecule has 1 amide bonds. The first-order valence-electron chi connectivity index (χ1n) is 12.4. The molecule has 5 N–H and O–H groups in total. The number of alkyl halides is 6. The fourth-order valence-corrected chi connectivity index (χ4v) is 3.81. The summed E-state index contributed by atoms with van der Waals surface area (Å²) in [5.74, 6) is -3.66. The molecule has 0 atom stereocenters. The number of aromatic nitrogens is 1. The van der Waals surface area contributed by atoms with Crippen molar-refractivity contribution in [2.45, 2.75) is 50.6 Å². The van der Waals surface area contributed by atoms with Crippen molar-refractivity contribution in [1.82, 2.24) is 15.6 Å². The summed E-state index contributed by atoms with van der Waals surface area (Å²) in [6, 6.07) is 10.6. The van der Waals surface area contributed by atoms with Crippen molar-refractivity contribution in [1.29, 1.82) is 0 Å². The van der Waals surface area contributed by atoms with Crippen LogP contribution in [0, 0.1) is 5.92 Å². The molecule has 0 bridgehead atoms. The molecule has 1 heterocycles. The number of rotatable bonds is 7. The maximum absolute atomic E-state index is 12.6. The molecule has 0 radical (unpaired) electrons. The second-order valence-electron chi connectivity index (χ2n) is 8.87. The number of ether oxygens (including phenoxy) is 1.